The lowest BCUT2D eigenvalue weighted by Gasteiger charge is -2.17. The highest BCUT2D eigenvalue weighted by molar-refractivity contribution is 6.36. The maximum atomic E-state index is 12.4. The van der Waals surface area contributed by atoms with Crippen molar-refractivity contribution in [1.82, 2.24) is 4.90 Å². The zero-order chi connectivity index (χ0) is 16.1. The summed E-state index contributed by atoms with van der Waals surface area (Å²) in [5.74, 6) is -1.18. The van der Waals surface area contributed by atoms with Gasteiger partial charge < -0.3 is 14.3 Å². The van der Waals surface area contributed by atoms with Crippen molar-refractivity contribution in [3.63, 3.8) is 0 Å². The third-order valence-corrected chi connectivity index (χ3v) is 5.24. The van der Waals surface area contributed by atoms with Gasteiger partial charge in [-0.3, -0.25) is 4.90 Å². The Bertz CT molecular complexity index is 645. The Balaban J connectivity index is 2.15. The van der Waals surface area contributed by atoms with Crippen LogP contribution in [-0.4, -0.2) is 42.1 Å². The Morgan fingerprint density at radius 3 is 2.45 bits per heavy atom. The molecular formula is C15H13Cl2NO4. The summed E-state index contributed by atoms with van der Waals surface area (Å²) in [6.07, 6.45) is 1.74. The van der Waals surface area contributed by atoms with Gasteiger partial charge in [0.15, 0.2) is 5.54 Å². The molecule has 1 unspecified atom stereocenters. The van der Waals surface area contributed by atoms with Crippen LogP contribution in [-0.2, 0) is 19.1 Å². The zero-order valence-corrected chi connectivity index (χ0v) is 13.2. The summed E-state index contributed by atoms with van der Waals surface area (Å²) in [6, 6.07) is 3.96. The van der Waals surface area contributed by atoms with Crippen molar-refractivity contribution in [2.45, 2.75) is 24.0 Å². The summed E-state index contributed by atoms with van der Waals surface area (Å²) in [5, 5.41) is 0.786. The molecule has 1 aromatic rings. The minimum atomic E-state index is -1.18. The number of piperidine rings is 1. The van der Waals surface area contributed by atoms with E-state index in [2.05, 4.69) is 0 Å². The minimum Gasteiger partial charge on any atom is -0.468 e. The molecule has 1 aromatic carbocycles. The van der Waals surface area contributed by atoms with Gasteiger partial charge in [0, 0.05) is 21.5 Å². The standard InChI is InChI=1S/C15H13Cl2NO4/c1-22-14(21)15-8(6-19)5-9(7-20)18(15)13(15)12-10(16)3-2-4-11(12)17/h2-4,6-9,13H,5H2,1H3/t8-,9+,13-,15-,18?/m1/s1. The molecule has 2 heterocycles. The molecule has 22 heavy (non-hydrogen) atoms. The lowest BCUT2D eigenvalue weighted by Crippen LogP contribution is -2.35. The van der Waals surface area contributed by atoms with Crippen molar-refractivity contribution in [1.29, 1.82) is 0 Å². The SMILES string of the molecule is COC(=O)[C@]12[C@@H](C=O)C[C@@H](C=O)N1[C@@H]2c1c(Cl)cccc1Cl. The van der Waals surface area contributed by atoms with Crippen molar-refractivity contribution < 1.29 is 19.1 Å². The number of hydrogen-bond donors (Lipinski definition) is 0. The Morgan fingerprint density at radius 1 is 1.32 bits per heavy atom. The number of ether oxygens (including phenoxy) is 1. The third kappa shape index (κ3) is 1.79. The zero-order valence-electron chi connectivity index (χ0n) is 11.7. The van der Waals surface area contributed by atoms with Crippen LogP contribution in [0, 0.1) is 5.92 Å². The molecule has 0 radical (unpaired) electrons. The highest BCUT2D eigenvalue weighted by atomic mass is 35.5. The number of carbonyl (C=O) groups is 3. The van der Waals surface area contributed by atoms with E-state index in [-0.39, 0.29) is 0 Å². The van der Waals surface area contributed by atoms with Crippen molar-refractivity contribution in [2.24, 2.45) is 5.92 Å². The van der Waals surface area contributed by atoms with Gasteiger partial charge >= 0.3 is 5.97 Å². The van der Waals surface area contributed by atoms with Crippen LogP contribution in [0.4, 0.5) is 0 Å². The molecule has 3 rings (SSSR count). The van der Waals surface area contributed by atoms with Gasteiger partial charge in [0.25, 0.3) is 0 Å². The van der Waals surface area contributed by atoms with E-state index >= 15 is 0 Å². The summed E-state index contributed by atoms with van der Waals surface area (Å²) in [6.45, 7) is 0. The van der Waals surface area contributed by atoms with Crippen molar-refractivity contribution in [2.75, 3.05) is 7.11 Å². The molecule has 7 heteroatoms. The van der Waals surface area contributed by atoms with Gasteiger partial charge in [0.2, 0.25) is 0 Å². The molecule has 5 nitrogen and oxygen atoms in total. The summed E-state index contributed by atoms with van der Waals surface area (Å²) < 4.78 is 4.89. The number of esters is 1. The van der Waals surface area contributed by atoms with E-state index in [0.717, 1.165) is 6.29 Å². The van der Waals surface area contributed by atoms with E-state index in [4.69, 9.17) is 27.9 Å². The fourth-order valence-corrected chi connectivity index (χ4v) is 4.29. The van der Waals surface area contributed by atoms with Gasteiger partial charge in [0.1, 0.15) is 12.6 Å². The summed E-state index contributed by atoms with van der Waals surface area (Å²) in [7, 11) is 1.26. The van der Waals surface area contributed by atoms with E-state index in [1.54, 1.807) is 23.1 Å². The number of fused-ring (bicyclic) bond motifs is 1. The number of nitrogens with zero attached hydrogens (tertiary/aromatic N) is 1. The van der Waals surface area contributed by atoms with E-state index in [0.29, 0.717) is 28.3 Å². The van der Waals surface area contributed by atoms with Crippen molar-refractivity contribution in [3.8, 4) is 0 Å². The molecule has 0 bridgehead atoms. The first-order valence-corrected chi connectivity index (χ1v) is 7.51. The van der Waals surface area contributed by atoms with E-state index in [1.807, 2.05) is 0 Å². The molecule has 116 valence electrons. The Morgan fingerprint density at radius 2 is 1.95 bits per heavy atom. The normalized spacial score (nSPS) is 35.6. The smallest absolute Gasteiger partial charge is 0.329 e. The van der Waals surface area contributed by atoms with Gasteiger partial charge in [-0.05, 0) is 18.6 Å². The van der Waals surface area contributed by atoms with Crippen molar-refractivity contribution in [3.05, 3.63) is 33.8 Å². The van der Waals surface area contributed by atoms with Gasteiger partial charge in [-0.2, -0.15) is 0 Å². The van der Waals surface area contributed by atoms with Crippen LogP contribution >= 0.6 is 23.2 Å². The quantitative estimate of drug-likeness (QED) is 0.476. The molecule has 0 saturated carbocycles. The van der Waals surface area contributed by atoms with Gasteiger partial charge in [-0.1, -0.05) is 29.3 Å². The van der Waals surface area contributed by atoms with E-state index in [9.17, 15) is 14.4 Å². The first kappa shape index (κ1) is 15.5. The molecule has 0 amide bonds. The van der Waals surface area contributed by atoms with Gasteiger partial charge in [-0.25, -0.2) is 4.79 Å². The summed E-state index contributed by atoms with van der Waals surface area (Å²) in [4.78, 5) is 36.9. The fourth-order valence-electron chi connectivity index (χ4n) is 3.68. The number of carbonyl (C=O) groups excluding carboxylic acids is 3. The second-order valence-corrected chi connectivity index (χ2v) is 6.26. The topological polar surface area (TPSA) is 63.5 Å². The highest BCUT2D eigenvalue weighted by Crippen LogP contribution is 2.66. The molecule has 2 aliphatic rings. The lowest BCUT2D eigenvalue weighted by molar-refractivity contribution is -0.147. The number of halogens is 2. The summed E-state index contributed by atoms with van der Waals surface area (Å²) >= 11 is 12.5. The molecule has 0 spiro atoms. The molecule has 0 N–H and O–H groups in total. The Hall–Kier alpha value is -1.43. The maximum absolute atomic E-state index is 12.4. The number of rotatable bonds is 4. The molecule has 0 aliphatic carbocycles. The Labute approximate surface area is 137 Å². The molecule has 2 saturated heterocycles. The first-order valence-electron chi connectivity index (χ1n) is 6.75. The van der Waals surface area contributed by atoms with Crippen molar-refractivity contribution >= 4 is 41.7 Å². The van der Waals surface area contributed by atoms with E-state index < -0.39 is 29.5 Å². The number of methoxy groups -OCH3 is 1. The largest absolute Gasteiger partial charge is 0.468 e. The van der Waals surface area contributed by atoms with Crippen LogP contribution in [0.1, 0.15) is 18.0 Å². The maximum Gasteiger partial charge on any atom is 0.329 e. The van der Waals surface area contributed by atoms with Crippen LogP contribution in [0.25, 0.3) is 0 Å². The van der Waals surface area contributed by atoms with Crippen LogP contribution in [0.2, 0.25) is 10.0 Å². The average molecular weight is 342 g/mol. The van der Waals surface area contributed by atoms with E-state index in [1.165, 1.54) is 7.11 Å². The number of hydrogen-bond acceptors (Lipinski definition) is 5. The monoisotopic (exact) mass is 341 g/mol. The number of aldehydes is 2. The average Bonchev–Trinajstić information content (AvgIpc) is 3.06. The number of benzene rings is 1. The minimum absolute atomic E-state index is 0.292. The molecule has 5 atom stereocenters. The second-order valence-electron chi connectivity index (χ2n) is 5.44. The van der Waals surface area contributed by atoms with Crippen LogP contribution in [0.15, 0.2) is 18.2 Å². The molecule has 0 aromatic heterocycles. The molecule has 2 fully saturated rings. The second kappa shape index (κ2) is 5.33. The first-order chi connectivity index (χ1) is 10.5. The third-order valence-electron chi connectivity index (χ3n) is 4.58. The summed E-state index contributed by atoms with van der Waals surface area (Å²) in [5.41, 5.74) is -0.633. The van der Waals surface area contributed by atoms with Crippen LogP contribution in [0.5, 0.6) is 0 Å². The lowest BCUT2D eigenvalue weighted by atomic mass is 9.85. The predicted molar refractivity (Wildman–Crippen MR) is 79.8 cm³/mol. The Kier molecular flexibility index (Phi) is 3.75. The highest BCUT2D eigenvalue weighted by Gasteiger charge is 2.79. The van der Waals surface area contributed by atoms with Gasteiger partial charge in [0.05, 0.1) is 19.2 Å². The predicted octanol–water partition coefficient (Wildman–Crippen LogP) is 2.05. The molecule has 2 aliphatic heterocycles. The fraction of sp³-hybridized carbons (Fsp3) is 0.400. The molecular weight excluding hydrogens is 329 g/mol. The van der Waals surface area contributed by atoms with Crippen LogP contribution in [0.3, 0.4) is 0 Å². The van der Waals surface area contributed by atoms with Crippen LogP contribution < -0.4 is 0 Å². The van der Waals surface area contributed by atoms with Gasteiger partial charge in [-0.15, -0.1) is 0 Å².